The van der Waals surface area contributed by atoms with Gasteiger partial charge in [0, 0.05) is 63.4 Å². The zero-order chi connectivity index (χ0) is 21.6. The lowest BCUT2D eigenvalue weighted by molar-refractivity contribution is 0.0730. The zero-order valence-electron chi connectivity index (χ0n) is 18.2. The number of nitrogens with two attached hydrogens (primary N) is 1. The van der Waals surface area contributed by atoms with Crippen molar-refractivity contribution in [2.24, 2.45) is 10.7 Å². The van der Waals surface area contributed by atoms with Gasteiger partial charge >= 0.3 is 0 Å². The van der Waals surface area contributed by atoms with Gasteiger partial charge in [-0.25, -0.2) is 0 Å². The van der Waals surface area contributed by atoms with Gasteiger partial charge in [-0.2, -0.15) is 0 Å². The molecule has 6 heteroatoms. The third-order valence-corrected chi connectivity index (χ3v) is 6.13. The summed E-state index contributed by atoms with van der Waals surface area (Å²) in [6.07, 6.45) is 6.14. The molecule has 0 radical (unpaired) electrons. The quantitative estimate of drug-likeness (QED) is 0.679. The maximum atomic E-state index is 13.1. The van der Waals surface area contributed by atoms with Crippen molar-refractivity contribution >= 4 is 17.8 Å². The van der Waals surface area contributed by atoms with Crippen molar-refractivity contribution in [2.75, 3.05) is 38.5 Å². The lowest BCUT2D eigenvalue weighted by atomic mass is 9.98. The van der Waals surface area contributed by atoms with Crippen LogP contribution in [0.4, 0.5) is 5.69 Å². The first kappa shape index (κ1) is 21.1. The van der Waals surface area contributed by atoms with Gasteiger partial charge in [0.2, 0.25) is 0 Å². The Morgan fingerprint density at radius 2 is 1.90 bits per heavy atom. The molecule has 0 atom stereocenters. The predicted octanol–water partition coefficient (Wildman–Crippen LogP) is 3.05. The summed E-state index contributed by atoms with van der Waals surface area (Å²) in [5.74, 6) is 0.122. The normalized spacial score (nSPS) is 17.0. The van der Waals surface area contributed by atoms with Crippen LogP contribution in [0.1, 0.15) is 33.5 Å². The molecule has 0 bridgehead atoms. The summed E-state index contributed by atoms with van der Waals surface area (Å²) in [6, 6.07) is 14.7. The highest BCUT2D eigenvalue weighted by molar-refractivity contribution is 5.98. The molecular formula is C25H31N5O. The molecule has 2 heterocycles. The Bertz CT molecular complexity index is 997. The second-order valence-corrected chi connectivity index (χ2v) is 8.20. The number of amides is 1. The minimum atomic E-state index is 0.122. The summed E-state index contributed by atoms with van der Waals surface area (Å²) in [5, 5.41) is 3.22. The Labute approximate surface area is 184 Å². The van der Waals surface area contributed by atoms with Gasteiger partial charge in [-0.1, -0.05) is 30.3 Å². The van der Waals surface area contributed by atoms with Crippen molar-refractivity contribution in [3.8, 4) is 0 Å². The van der Waals surface area contributed by atoms with Crippen molar-refractivity contribution < 1.29 is 4.79 Å². The van der Waals surface area contributed by atoms with Crippen molar-refractivity contribution in [1.29, 1.82) is 0 Å². The molecule has 3 N–H and O–H groups in total. The Morgan fingerprint density at radius 3 is 2.71 bits per heavy atom. The zero-order valence-corrected chi connectivity index (χ0v) is 18.2. The predicted molar refractivity (Wildman–Crippen MR) is 126 cm³/mol. The fourth-order valence-corrected chi connectivity index (χ4v) is 4.46. The Hall–Kier alpha value is -3.12. The van der Waals surface area contributed by atoms with Crippen LogP contribution in [0, 0.1) is 0 Å². The van der Waals surface area contributed by atoms with Gasteiger partial charge in [0.1, 0.15) is 0 Å². The summed E-state index contributed by atoms with van der Waals surface area (Å²) >= 11 is 0. The Balaban J connectivity index is 1.34. The summed E-state index contributed by atoms with van der Waals surface area (Å²) in [7, 11) is 1.70. The van der Waals surface area contributed by atoms with Gasteiger partial charge in [0.25, 0.3) is 5.91 Å². The maximum absolute atomic E-state index is 13.1. The molecule has 1 amide bonds. The maximum Gasteiger partial charge on any atom is 0.254 e. The van der Waals surface area contributed by atoms with Gasteiger partial charge in [0.15, 0.2) is 0 Å². The highest BCUT2D eigenvalue weighted by atomic mass is 16.2. The van der Waals surface area contributed by atoms with E-state index >= 15 is 0 Å². The number of hydrogen-bond acceptors (Lipinski definition) is 5. The lowest BCUT2D eigenvalue weighted by Crippen LogP contribution is -2.40. The molecule has 2 aromatic rings. The SMILES string of the molecule is CN=C/C(=C\N)Nc1ccc2c(c1)C(=O)N(CCCN1CCc3ccccc3C1)CC2. The number of anilines is 1. The first-order chi connectivity index (χ1) is 15.2. The van der Waals surface area contributed by atoms with Crippen LogP contribution in [0.5, 0.6) is 0 Å². The number of nitrogens with zero attached hydrogens (tertiary/aromatic N) is 3. The number of rotatable bonds is 7. The number of nitrogens with one attached hydrogen (secondary N) is 1. The Kier molecular flexibility index (Phi) is 6.67. The number of allylic oxidation sites excluding steroid dienone is 1. The van der Waals surface area contributed by atoms with Crippen molar-refractivity contribution in [3.63, 3.8) is 0 Å². The molecular weight excluding hydrogens is 386 g/mol. The molecule has 2 aliphatic rings. The molecule has 4 rings (SSSR count). The molecule has 0 saturated carbocycles. The summed E-state index contributed by atoms with van der Waals surface area (Å²) in [6.45, 7) is 4.72. The summed E-state index contributed by atoms with van der Waals surface area (Å²) in [4.78, 5) is 21.6. The number of carbonyl (C=O) groups excluding carboxylic acids is 1. The molecule has 0 spiro atoms. The van der Waals surface area contributed by atoms with Gasteiger partial charge in [-0.3, -0.25) is 14.7 Å². The van der Waals surface area contributed by atoms with Crippen LogP contribution in [0.3, 0.4) is 0 Å². The van der Waals surface area contributed by atoms with Gasteiger partial charge in [-0.05, 0) is 48.1 Å². The molecule has 0 aliphatic carbocycles. The molecule has 162 valence electrons. The molecule has 2 aromatic carbocycles. The van der Waals surface area contributed by atoms with Crippen molar-refractivity contribution in [2.45, 2.75) is 25.8 Å². The van der Waals surface area contributed by atoms with E-state index in [9.17, 15) is 4.79 Å². The molecule has 31 heavy (non-hydrogen) atoms. The van der Waals surface area contributed by atoms with E-state index in [0.29, 0.717) is 5.70 Å². The number of carbonyl (C=O) groups is 1. The van der Waals surface area contributed by atoms with Crippen LogP contribution in [0.25, 0.3) is 0 Å². The number of benzene rings is 2. The number of aliphatic imine (C=N–C) groups is 1. The van der Waals surface area contributed by atoms with Crippen LogP contribution >= 0.6 is 0 Å². The smallest absolute Gasteiger partial charge is 0.254 e. The van der Waals surface area contributed by atoms with E-state index in [-0.39, 0.29) is 5.91 Å². The standard InChI is InChI=1S/C25H31N5O/c1-27-17-23(16-26)28-22-8-7-20-10-14-30(25(31)24(20)15-22)12-4-11-29-13-9-19-5-2-3-6-21(19)18-29/h2-3,5-8,15-17,28H,4,9-14,18,26H2,1H3/b23-16+,27-17?. The van der Waals surface area contributed by atoms with Crippen LogP contribution in [-0.2, 0) is 19.4 Å². The topological polar surface area (TPSA) is 74.0 Å². The van der Waals surface area contributed by atoms with E-state index in [1.807, 2.05) is 23.1 Å². The second-order valence-electron chi connectivity index (χ2n) is 8.20. The number of fused-ring (bicyclic) bond motifs is 2. The largest absolute Gasteiger partial charge is 0.403 e. The molecule has 0 saturated heterocycles. The van der Waals surface area contributed by atoms with E-state index in [1.165, 1.54) is 17.3 Å². The van der Waals surface area contributed by atoms with Crippen LogP contribution < -0.4 is 11.1 Å². The van der Waals surface area contributed by atoms with Crippen LogP contribution in [-0.4, -0.2) is 55.1 Å². The summed E-state index contributed by atoms with van der Waals surface area (Å²) in [5.41, 5.74) is 12.0. The van der Waals surface area contributed by atoms with Gasteiger partial charge < -0.3 is 16.0 Å². The van der Waals surface area contributed by atoms with E-state index in [4.69, 9.17) is 5.73 Å². The second kappa shape index (κ2) is 9.79. The molecule has 6 nitrogen and oxygen atoms in total. The number of hydrogen-bond donors (Lipinski definition) is 2. The average molecular weight is 418 g/mol. The average Bonchev–Trinajstić information content (AvgIpc) is 2.80. The minimum absolute atomic E-state index is 0.122. The van der Waals surface area contributed by atoms with Crippen molar-refractivity contribution in [1.82, 2.24) is 9.80 Å². The molecule has 0 unspecified atom stereocenters. The van der Waals surface area contributed by atoms with Crippen molar-refractivity contribution in [3.05, 3.63) is 76.6 Å². The first-order valence-corrected chi connectivity index (χ1v) is 11.0. The molecule has 2 aliphatic heterocycles. The van der Waals surface area contributed by atoms with Gasteiger partial charge in [-0.15, -0.1) is 0 Å². The summed E-state index contributed by atoms with van der Waals surface area (Å²) < 4.78 is 0. The van der Waals surface area contributed by atoms with E-state index in [2.05, 4.69) is 39.5 Å². The van der Waals surface area contributed by atoms with Crippen LogP contribution in [0.2, 0.25) is 0 Å². The van der Waals surface area contributed by atoms with E-state index < -0.39 is 0 Å². The highest BCUT2D eigenvalue weighted by Gasteiger charge is 2.24. The fraction of sp³-hybridized carbons (Fsp3) is 0.360. The highest BCUT2D eigenvalue weighted by Crippen LogP contribution is 2.24. The third kappa shape index (κ3) is 4.97. The Morgan fingerprint density at radius 1 is 1.10 bits per heavy atom. The molecule has 0 aromatic heterocycles. The minimum Gasteiger partial charge on any atom is -0.403 e. The fourth-order valence-electron chi connectivity index (χ4n) is 4.46. The lowest BCUT2D eigenvalue weighted by Gasteiger charge is -2.31. The van der Waals surface area contributed by atoms with E-state index in [1.54, 1.807) is 13.3 Å². The van der Waals surface area contributed by atoms with Gasteiger partial charge in [0.05, 0.1) is 5.70 Å². The monoisotopic (exact) mass is 417 g/mol. The molecule has 0 fully saturated rings. The van der Waals surface area contributed by atoms with E-state index in [0.717, 1.165) is 68.8 Å². The van der Waals surface area contributed by atoms with Crippen LogP contribution in [0.15, 0.2) is 59.4 Å². The first-order valence-electron chi connectivity index (χ1n) is 11.0. The third-order valence-electron chi connectivity index (χ3n) is 6.13.